The average Bonchev–Trinajstić information content (AvgIpc) is 3.55. The highest BCUT2D eigenvalue weighted by atomic mass is 32.2. The van der Waals surface area contributed by atoms with E-state index in [1.54, 1.807) is 38.1 Å². The predicted octanol–water partition coefficient (Wildman–Crippen LogP) is 1.84. The number of ether oxygens (including phenoxy) is 1. The van der Waals surface area contributed by atoms with E-state index in [9.17, 15) is 42.3 Å². The number of carboxylic acids is 1. The van der Waals surface area contributed by atoms with E-state index in [4.69, 9.17) is 10.5 Å². The first-order valence-electron chi connectivity index (χ1n) is 15.9. The Morgan fingerprint density at radius 3 is 2.39 bits per heavy atom. The minimum Gasteiger partial charge on any atom is -0.478 e. The second-order valence-electron chi connectivity index (χ2n) is 12.7. The van der Waals surface area contributed by atoms with Crippen LogP contribution >= 0.6 is 11.8 Å². The first-order valence-corrected chi connectivity index (χ1v) is 16.9. The second-order valence-corrected chi connectivity index (χ2v) is 13.9. The van der Waals surface area contributed by atoms with Gasteiger partial charge in [-0.2, -0.15) is 0 Å². The predicted molar refractivity (Wildman–Crippen MR) is 171 cm³/mol. The molecular weight excluding hydrogens is 667 g/mol. The number of piperazine rings is 2. The molecule has 5 rings (SSSR count). The summed E-state index contributed by atoms with van der Waals surface area (Å²) >= 11 is 1.26. The van der Waals surface area contributed by atoms with Gasteiger partial charge < -0.3 is 35.2 Å². The summed E-state index contributed by atoms with van der Waals surface area (Å²) in [6, 6.07) is 5.92. The number of carbonyl (C=O) groups is 5. The molecule has 0 aliphatic carbocycles. The Balaban J connectivity index is 1.19. The van der Waals surface area contributed by atoms with E-state index in [0.717, 1.165) is 0 Å². The number of hydrogen-bond donors (Lipinski definition) is 2. The molecule has 16 heteroatoms. The molecule has 3 fully saturated rings. The zero-order valence-electron chi connectivity index (χ0n) is 27.0. The molecule has 4 atom stereocenters. The Kier molecular flexibility index (Phi) is 11.1. The van der Waals surface area contributed by atoms with Crippen molar-refractivity contribution in [1.82, 2.24) is 19.6 Å². The quantitative estimate of drug-likeness (QED) is 0.334. The maximum Gasteiger partial charge on any atom is 0.345 e. The van der Waals surface area contributed by atoms with Gasteiger partial charge in [0.1, 0.15) is 24.2 Å². The molecule has 0 saturated carbocycles. The van der Waals surface area contributed by atoms with Gasteiger partial charge in [0.25, 0.3) is 5.91 Å². The molecule has 0 radical (unpaired) electrons. The third-order valence-electron chi connectivity index (χ3n) is 8.77. The largest absolute Gasteiger partial charge is 0.478 e. The number of carboxylic acid groups (broad SMARTS) is 1. The van der Waals surface area contributed by atoms with Crippen LogP contribution in [0.3, 0.4) is 0 Å². The van der Waals surface area contributed by atoms with Crippen LogP contribution in [0.2, 0.25) is 0 Å². The molecule has 2 aromatic rings. The normalized spacial score (nSPS) is 20.8. The molecule has 0 bridgehead atoms. The Morgan fingerprint density at radius 1 is 1.02 bits per heavy atom. The number of amides is 4. The Labute approximate surface area is 285 Å². The average molecular weight is 706 g/mol. The Bertz CT molecular complexity index is 1610. The van der Waals surface area contributed by atoms with Gasteiger partial charge in [0.05, 0.1) is 6.54 Å². The molecule has 3 aliphatic rings. The number of halogens is 3. The maximum absolute atomic E-state index is 14.1. The van der Waals surface area contributed by atoms with E-state index in [-0.39, 0.29) is 81.3 Å². The second kappa shape index (κ2) is 15.1. The zero-order valence-corrected chi connectivity index (χ0v) is 27.8. The number of nitrogens with two attached hydrogens (primary N) is 1. The lowest BCUT2D eigenvalue weighted by molar-refractivity contribution is -0.162. The van der Waals surface area contributed by atoms with Crippen LogP contribution in [0, 0.1) is 23.4 Å². The molecule has 0 spiro atoms. The molecule has 2 unspecified atom stereocenters. The summed E-state index contributed by atoms with van der Waals surface area (Å²) in [6.07, 6.45) is -1.50. The van der Waals surface area contributed by atoms with Crippen LogP contribution in [0.1, 0.15) is 31.4 Å². The van der Waals surface area contributed by atoms with Crippen LogP contribution in [0.15, 0.2) is 36.4 Å². The van der Waals surface area contributed by atoms with E-state index in [1.807, 2.05) is 0 Å². The molecule has 0 aromatic heterocycles. The van der Waals surface area contributed by atoms with Crippen LogP contribution in [0.4, 0.5) is 13.2 Å². The topological polar surface area (TPSA) is 154 Å². The number of nitrogens with zero attached hydrogens (tertiary/aromatic N) is 4. The fraction of sp³-hybridized carbons (Fsp3) is 0.485. The lowest BCUT2D eigenvalue weighted by Gasteiger charge is -2.46. The third-order valence-corrected chi connectivity index (χ3v) is 9.96. The van der Waals surface area contributed by atoms with Crippen molar-refractivity contribution in [3.63, 3.8) is 0 Å². The molecule has 3 N–H and O–H groups in total. The van der Waals surface area contributed by atoms with E-state index < -0.39 is 52.9 Å². The minimum atomic E-state index is -1.33. The van der Waals surface area contributed by atoms with Gasteiger partial charge in [-0.25, -0.2) is 18.0 Å². The fourth-order valence-electron chi connectivity index (χ4n) is 6.18. The van der Waals surface area contributed by atoms with Crippen molar-refractivity contribution in [1.29, 1.82) is 0 Å². The highest BCUT2D eigenvalue weighted by molar-refractivity contribution is 8.00. The lowest BCUT2D eigenvalue weighted by atomic mass is 10.0. The van der Waals surface area contributed by atoms with Crippen molar-refractivity contribution >= 4 is 41.4 Å². The van der Waals surface area contributed by atoms with Crippen molar-refractivity contribution in [2.24, 2.45) is 11.7 Å². The van der Waals surface area contributed by atoms with Crippen LogP contribution in [-0.2, 0) is 36.9 Å². The summed E-state index contributed by atoms with van der Waals surface area (Å²) in [4.78, 5) is 70.8. The fourth-order valence-corrected chi connectivity index (χ4v) is 7.40. The maximum atomic E-state index is 14.1. The SMILES string of the molecule is CC(C)C(Oc1ccc(CN2CC(=O)N3CCN(C(=O)[C@H]4SCCN4C(=O)C[C@H](N)Cc4cc(F)c(F)cc4F)CC3C2=O)cc1)C(=O)O. The van der Waals surface area contributed by atoms with Crippen LogP contribution in [0.25, 0.3) is 0 Å². The molecule has 4 amide bonds. The first-order chi connectivity index (χ1) is 23.2. The number of thioether (sulfide) groups is 1. The number of hydrogen-bond acceptors (Lipinski definition) is 8. The van der Waals surface area contributed by atoms with Crippen molar-refractivity contribution in [2.75, 3.05) is 38.5 Å². The smallest absolute Gasteiger partial charge is 0.345 e. The van der Waals surface area contributed by atoms with Gasteiger partial charge in [0, 0.05) is 56.4 Å². The van der Waals surface area contributed by atoms with Crippen molar-refractivity contribution in [3.05, 3.63) is 65.0 Å². The van der Waals surface area contributed by atoms with Crippen molar-refractivity contribution < 1.29 is 47.0 Å². The van der Waals surface area contributed by atoms with Gasteiger partial charge >= 0.3 is 5.97 Å². The van der Waals surface area contributed by atoms with E-state index >= 15 is 0 Å². The van der Waals surface area contributed by atoms with Crippen LogP contribution < -0.4 is 10.5 Å². The molecule has 3 saturated heterocycles. The third kappa shape index (κ3) is 8.12. The summed E-state index contributed by atoms with van der Waals surface area (Å²) in [7, 11) is 0. The molecule has 3 aliphatic heterocycles. The summed E-state index contributed by atoms with van der Waals surface area (Å²) in [6.45, 7) is 4.00. The number of aliphatic carboxylic acids is 1. The molecule has 12 nitrogen and oxygen atoms in total. The lowest BCUT2D eigenvalue weighted by Crippen LogP contribution is -2.68. The van der Waals surface area contributed by atoms with Gasteiger partial charge in [-0.3, -0.25) is 19.2 Å². The number of fused-ring (bicyclic) bond motifs is 1. The van der Waals surface area contributed by atoms with Crippen LogP contribution in [-0.4, -0.2) is 116 Å². The van der Waals surface area contributed by atoms with E-state index in [1.165, 1.54) is 31.4 Å². The standard InChI is InChI=1S/C33H38F3N5O7S/c1-18(2)29(33(46)47)48-22-5-3-19(4-6-22)15-39-17-28(43)40-8-7-38(16-26(40)30(39)44)31(45)32-41(9-10-49-32)27(42)13-21(37)11-20-12-24(35)25(36)14-23(20)34/h3-6,12,14,18,21,26,29,32H,7-11,13,15-17,37H2,1-2H3,(H,46,47)/t21-,26?,29?,32-/m1/s1. The molecule has 3 heterocycles. The zero-order chi connectivity index (χ0) is 35.6. The molecule has 2 aromatic carbocycles. The van der Waals surface area contributed by atoms with E-state index in [0.29, 0.717) is 29.2 Å². The number of carbonyl (C=O) groups excluding carboxylic acids is 4. The Hall–Kier alpha value is -4.31. The summed E-state index contributed by atoms with van der Waals surface area (Å²) in [5.74, 6) is -5.45. The molecule has 49 heavy (non-hydrogen) atoms. The highest BCUT2D eigenvalue weighted by Crippen LogP contribution is 2.29. The van der Waals surface area contributed by atoms with Gasteiger partial charge in [-0.05, 0) is 35.7 Å². The molecule has 264 valence electrons. The number of benzene rings is 2. The summed E-state index contributed by atoms with van der Waals surface area (Å²) < 4.78 is 46.6. The first kappa shape index (κ1) is 36.0. The number of rotatable bonds is 11. The van der Waals surface area contributed by atoms with Gasteiger partial charge in [0.15, 0.2) is 23.1 Å². The highest BCUT2D eigenvalue weighted by Gasteiger charge is 2.46. The summed E-state index contributed by atoms with van der Waals surface area (Å²) in [5.41, 5.74) is 6.61. The monoisotopic (exact) mass is 705 g/mol. The minimum absolute atomic E-state index is 0.0491. The van der Waals surface area contributed by atoms with Crippen LogP contribution in [0.5, 0.6) is 5.75 Å². The van der Waals surface area contributed by atoms with Gasteiger partial charge in [0.2, 0.25) is 17.7 Å². The van der Waals surface area contributed by atoms with Gasteiger partial charge in [-0.15, -0.1) is 11.8 Å². The molecular formula is C33H38F3N5O7S. The summed E-state index contributed by atoms with van der Waals surface area (Å²) in [5, 5.41) is 8.51. The van der Waals surface area contributed by atoms with Crippen molar-refractivity contribution in [3.8, 4) is 5.75 Å². The van der Waals surface area contributed by atoms with Crippen molar-refractivity contribution in [2.45, 2.75) is 56.8 Å². The van der Waals surface area contributed by atoms with Gasteiger partial charge in [-0.1, -0.05) is 26.0 Å². The van der Waals surface area contributed by atoms with E-state index in [2.05, 4.69) is 0 Å². The Morgan fingerprint density at radius 2 is 1.71 bits per heavy atom.